The number of carbonyl (C=O) groups is 1. The number of aryl methyl sites for hydroxylation is 1. The third-order valence-corrected chi connectivity index (χ3v) is 3.71. The Balaban J connectivity index is 2.03. The smallest absolute Gasteiger partial charge is 0.144 e. The van der Waals surface area contributed by atoms with Gasteiger partial charge in [-0.2, -0.15) is 0 Å². The van der Waals surface area contributed by atoms with E-state index in [0.29, 0.717) is 19.4 Å². The number of Topliss-reactive ketones (excluding diaryl/α,β-unsaturated/α-hetero) is 1. The Kier molecular flexibility index (Phi) is 4.23. The van der Waals surface area contributed by atoms with Gasteiger partial charge in [-0.25, -0.2) is 4.98 Å². The lowest BCUT2D eigenvalue weighted by Gasteiger charge is -2.05. The first-order chi connectivity index (χ1) is 8.69. The summed E-state index contributed by atoms with van der Waals surface area (Å²) in [5, 5.41) is 2.86. The number of ketones is 1. The number of hydrogen-bond acceptors (Lipinski definition) is 4. The molecule has 18 heavy (non-hydrogen) atoms. The molecule has 0 saturated heterocycles. The van der Waals surface area contributed by atoms with Crippen molar-refractivity contribution >= 4 is 17.1 Å². The predicted molar refractivity (Wildman–Crippen MR) is 73.6 cm³/mol. The molecule has 0 aliphatic carbocycles. The fourth-order valence-corrected chi connectivity index (χ4v) is 2.66. The minimum Gasteiger partial charge on any atom is -0.326 e. The van der Waals surface area contributed by atoms with Crippen molar-refractivity contribution in [3.8, 4) is 0 Å². The van der Waals surface area contributed by atoms with Gasteiger partial charge in [-0.05, 0) is 18.1 Å². The highest BCUT2D eigenvalue weighted by atomic mass is 32.1. The van der Waals surface area contributed by atoms with Crippen LogP contribution >= 0.6 is 11.3 Å². The minimum atomic E-state index is 0.185. The maximum Gasteiger partial charge on any atom is 0.144 e. The van der Waals surface area contributed by atoms with E-state index in [1.165, 1.54) is 0 Å². The summed E-state index contributed by atoms with van der Waals surface area (Å²) in [7, 11) is 0. The van der Waals surface area contributed by atoms with E-state index >= 15 is 0 Å². The Morgan fingerprint density at radius 2 is 2.00 bits per heavy atom. The topological polar surface area (TPSA) is 56.0 Å². The molecule has 2 aromatic rings. The highest BCUT2D eigenvalue weighted by molar-refractivity contribution is 7.09. The van der Waals surface area contributed by atoms with Crippen molar-refractivity contribution in [3.63, 3.8) is 0 Å². The molecule has 1 aromatic heterocycles. The van der Waals surface area contributed by atoms with E-state index in [0.717, 1.165) is 21.8 Å². The molecule has 1 heterocycles. The Morgan fingerprint density at radius 3 is 2.61 bits per heavy atom. The molecule has 2 rings (SSSR count). The first-order valence-electron chi connectivity index (χ1n) is 5.88. The lowest BCUT2D eigenvalue weighted by molar-refractivity contribution is -0.117. The zero-order valence-electron chi connectivity index (χ0n) is 10.3. The van der Waals surface area contributed by atoms with Crippen LogP contribution in [0.5, 0.6) is 0 Å². The molecule has 2 N–H and O–H groups in total. The van der Waals surface area contributed by atoms with Gasteiger partial charge in [-0.1, -0.05) is 24.3 Å². The molecule has 4 heteroatoms. The Hall–Kier alpha value is -1.52. The Morgan fingerprint density at radius 1 is 1.28 bits per heavy atom. The first kappa shape index (κ1) is 12.9. The summed E-state index contributed by atoms with van der Waals surface area (Å²) in [5.74, 6) is 0.185. The molecule has 0 amide bonds. The molecule has 0 saturated carbocycles. The molecule has 0 aliphatic heterocycles. The second kappa shape index (κ2) is 5.89. The second-order valence-electron chi connectivity index (χ2n) is 4.25. The maximum absolute atomic E-state index is 12.0. The van der Waals surface area contributed by atoms with Crippen LogP contribution in [0.1, 0.15) is 21.8 Å². The molecule has 94 valence electrons. The van der Waals surface area contributed by atoms with Crippen LogP contribution in [0.2, 0.25) is 0 Å². The van der Waals surface area contributed by atoms with Crippen LogP contribution in [0.25, 0.3) is 0 Å². The van der Waals surface area contributed by atoms with Gasteiger partial charge in [0.25, 0.3) is 0 Å². The fourth-order valence-electron chi connectivity index (χ4n) is 1.86. The summed E-state index contributed by atoms with van der Waals surface area (Å²) in [4.78, 5) is 16.3. The van der Waals surface area contributed by atoms with Gasteiger partial charge in [0.2, 0.25) is 0 Å². The van der Waals surface area contributed by atoms with E-state index in [1.54, 1.807) is 11.3 Å². The van der Waals surface area contributed by atoms with Crippen molar-refractivity contribution in [2.24, 2.45) is 5.73 Å². The SMILES string of the molecule is Cc1csc(CC(=O)Cc2ccccc2CN)n1. The number of benzene rings is 1. The van der Waals surface area contributed by atoms with Gasteiger partial charge in [-0.3, -0.25) is 4.79 Å². The molecule has 0 unspecified atom stereocenters. The quantitative estimate of drug-likeness (QED) is 0.897. The largest absolute Gasteiger partial charge is 0.326 e. The molecular formula is C14H16N2OS. The van der Waals surface area contributed by atoms with E-state index in [-0.39, 0.29) is 5.78 Å². The van der Waals surface area contributed by atoms with Crippen molar-refractivity contribution in [3.05, 3.63) is 51.5 Å². The molecule has 0 radical (unpaired) electrons. The van der Waals surface area contributed by atoms with E-state index < -0.39 is 0 Å². The third kappa shape index (κ3) is 3.24. The Labute approximate surface area is 111 Å². The van der Waals surface area contributed by atoms with Gasteiger partial charge in [0.15, 0.2) is 0 Å². The number of thiazole rings is 1. The second-order valence-corrected chi connectivity index (χ2v) is 5.19. The van der Waals surface area contributed by atoms with Crippen LogP contribution in [-0.4, -0.2) is 10.8 Å². The summed E-state index contributed by atoms with van der Waals surface area (Å²) >= 11 is 1.54. The highest BCUT2D eigenvalue weighted by Crippen LogP contribution is 2.13. The summed E-state index contributed by atoms with van der Waals surface area (Å²) in [6.45, 7) is 2.41. The van der Waals surface area contributed by atoms with E-state index in [2.05, 4.69) is 4.98 Å². The van der Waals surface area contributed by atoms with Crippen LogP contribution < -0.4 is 5.73 Å². The van der Waals surface area contributed by atoms with Gasteiger partial charge < -0.3 is 5.73 Å². The summed E-state index contributed by atoms with van der Waals surface area (Å²) in [6, 6.07) is 7.82. The summed E-state index contributed by atoms with van der Waals surface area (Å²) < 4.78 is 0. The Bertz CT molecular complexity index is 548. The average molecular weight is 260 g/mol. The van der Waals surface area contributed by atoms with Crippen molar-refractivity contribution in [2.45, 2.75) is 26.3 Å². The van der Waals surface area contributed by atoms with E-state index in [9.17, 15) is 4.79 Å². The van der Waals surface area contributed by atoms with Crippen molar-refractivity contribution in [1.82, 2.24) is 4.98 Å². The number of nitrogens with two attached hydrogens (primary N) is 1. The van der Waals surface area contributed by atoms with E-state index in [4.69, 9.17) is 5.73 Å². The molecule has 0 aliphatic rings. The van der Waals surface area contributed by atoms with Crippen LogP contribution in [0, 0.1) is 6.92 Å². The summed E-state index contributed by atoms with van der Waals surface area (Å²) in [6.07, 6.45) is 0.851. The molecule has 3 nitrogen and oxygen atoms in total. The van der Waals surface area contributed by atoms with Gasteiger partial charge in [-0.15, -0.1) is 11.3 Å². The number of rotatable bonds is 5. The van der Waals surface area contributed by atoms with Crippen LogP contribution in [0.4, 0.5) is 0 Å². The zero-order chi connectivity index (χ0) is 13.0. The molecule has 0 atom stereocenters. The van der Waals surface area contributed by atoms with Crippen molar-refractivity contribution in [1.29, 1.82) is 0 Å². The number of aromatic nitrogens is 1. The lowest BCUT2D eigenvalue weighted by Crippen LogP contribution is -2.10. The molecular weight excluding hydrogens is 244 g/mol. The highest BCUT2D eigenvalue weighted by Gasteiger charge is 2.10. The monoisotopic (exact) mass is 260 g/mol. The molecule has 0 fully saturated rings. The van der Waals surface area contributed by atoms with Crippen LogP contribution in [-0.2, 0) is 24.2 Å². The van der Waals surface area contributed by atoms with E-state index in [1.807, 2.05) is 36.6 Å². The number of hydrogen-bond donors (Lipinski definition) is 1. The van der Waals surface area contributed by atoms with Crippen LogP contribution in [0.3, 0.4) is 0 Å². The van der Waals surface area contributed by atoms with Gasteiger partial charge in [0, 0.05) is 24.0 Å². The van der Waals surface area contributed by atoms with Gasteiger partial charge in [0.1, 0.15) is 10.8 Å². The maximum atomic E-state index is 12.0. The summed E-state index contributed by atoms with van der Waals surface area (Å²) in [5.41, 5.74) is 8.71. The van der Waals surface area contributed by atoms with Gasteiger partial charge >= 0.3 is 0 Å². The molecule has 0 spiro atoms. The zero-order valence-corrected chi connectivity index (χ0v) is 11.2. The first-order valence-corrected chi connectivity index (χ1v) is 6.76. The van der Waals surface area contributed by atoms with Crippen molar-refractivity contribution < 1.29 is 4.79 Å². The normalized spacial score (nSPS) is 10.6. The number of carbonyl (C=O) groups excluding carboxylic acids is 1. The molecule has 1 aromatic carbocycles. The van der Waals surface area contributed by atoms with Gasteiger partial charge in [0.05, 0.1) is 6.42 Å². The van der Waals surface area contributed by atoms with Crippen molar-refractivity contribution in [2.75, 3.05) is 0 Å². The lowest BCUT2D eigenvalue weighted by atomic mass is 10.0. The standard InChI is InChI=1S/C14H16N2OS/c1-10-9-18-14(16-10)7-13(17)6-11-4-2-3-5-12(11)8-15/h2-5,9H,6-8,15H2,1H3. The average Bonchev–Trinajstić information content (AvgIpc) is 2.75. The van der Waals surface area contributed by atoms with Crippen LogP contribution in [0.15, 0.2) is 29.6 Å². The fraction of sp³-hybridized carbons (Fsp3) is 0.286. The number of nitrogens with zero attached hydrogens (tertiary/aromatic N) is 1. The predicted octanol–water partition coefficient (Wildman–Crippen LogP) is 2.26. The molecule has 0 bridgehead atoms. The third-order valence-electron chi connectivity index (χ3n) is 2.74. The minimum absolute atomic E-state index is 0.185.